The lowest BCUT2D eigenvalue weighted by Gasteiger charge is -2.10. The summed E-state index contributed by atoms with van der Waals surface area (Å²) in [5.74, 6) is 0. The van der Waals surface area contributed by atoms with E-state index < -0.39 is 0 Å². The molecule has 4 aromatic rings. The molecule has 0 aliphatic carbocycles. The summed E-state index contributed by atoms with van der Waals surface area (Å²) in [5.41, 5.74) is 9.90. The largest absolute Gasteiger partial charge is 0.0622 e. The summed E-state index contributed by atoms with van der Waals surface area (Å²) in [7, 11) is 0. The van der Waals surface area contributed by atoms with E-state index in [4.69, 9.17) is 0 Å². The molecule has 0 heterocycles. The van der Waals surface area contributed by atoms with Crippen molar-refractivity contribution in [1.29, 1.82) is 0 Å². The van der Waals surface area contributed by atoms with E-state index in [9.17, 15) is 0 Å². The zero-order chi connectivity index (χ0) is 20.8. The summed E-state index contributed by atoms with van der Waals surface area (Å²) in [6.07, 6.45) is 4.51. The molecule has 0 N–H and O–H groups in total. The fraction of sp³-hybridized carbons (Fsp3) is 0.0667. The molecule has 0 atom stereocenters. The third-order valence-electron chi connectivity index (χ3n) is 5.31. The van der Waals surface area contributed by atoms with E-state index in [2.05, 4.69) is 135 Å². The zero-order valence-corrected chi connectivity index (χ0v) is 17.5. The van der Waals surface area contributed by atoms with Gasteiger partial charge in [0, 0.05) is 0 Å². The van der Waals surface area contributed by atoms with Gasteiger partial charge in [0.15, 0.2) is 0 Å². The zero-order valence-electron chi connectivity index (χ0n) is 17.5. The molecule has 0 saturated heterocycles. The van der Waals surface area contributed by atoms with Crippen molar-refractivity contribution in [1.82, 2.24) is 0 Å². The van der Waals surface area contributed by atoms with Gasteiger partial charge in [0.2, 0.25) is 0 Å². The molecule has 0 aliphatic heterocycles. The van der Waals surface area contributed by atoms with Gasteiger partial charge < -0.3 is 0 Å². The van der Waals surface area contributed by atoms with Crippen molar-refractivity contribution in [2.24, 2.45) is 0 Å². The van der Waals surface area contributed by atoms with E-state index in [0.717, 1.165) is 0 Å². The first kappa shape index (κ1) is 19.7. The lowest BCUT2D eigenvalue weighted by Crippen LogP contribution is -1.89. The van der Waals surface area contributed by atoms with Gasteiger partial charge in [-0.25, -0.2) is 0 Å². The molecule has 0 unspecified atom stereocenters. The number of benzene rings is 4. The lowest BCUT2D eigenvalue weighted by molar-refractivity contribution is 1.45. The van der Waals surface area contributed by atoms with E-state index in [0.29, 0.717) is 0 Å². The molecule has 4 rings (SSSR count). The minimum absolute atomic E-state index is 1.20. The quantitative estimate of drug-likeness (QED) is 0.304. The number of hydrogen-bond donors (Lipinski definition) is 0. The standard InChI is InChI=1S/C30H26/c1-23-13-19-29(20-14-23)30(28-11-7-4-8-12-28)22-26-17-15-25(16-18-26)21-24(2)27-9-5-3-6-10-27/h3-22H,1-2H3. The normalized spacial score (nSPS) is 12.1. The Morgan fingerprint density at radius 3 is 1.53 bits per heavy atom. The lowest BCUT2D eigenvalue weighted by atomic mass is 9.95. The Kier molecular flexibility index (Phi) is 6.06. The van der Waals surface area contributed by atoms with Crippen molar-refractivity contribution in [2.75, 3.05) is 0 Å². The van der Waals surface area contributed by atoms with Crippen LogP contribution in [-0.2, 0) is 0 Å². The third-order valence-corrected chi connectivity index (χ3v) is 5.31. The Hall–Kier alpha value is -3.64. The van der Waals surface area contributed by atoms with E-state index >= 15 is 0 Å². The van der Waals surface area contributed by atoms with Gasteiger partial charge >= 0.3 is 0 Å². The second-order valence-corrected chi connectivity index (χ2v) is 7.65. The molecule has 0 amide bonds. The van der Waals surface area contributed by atoms with Gasteiger partial charge in [-0.15, -0.1) is 0 Å². The van der Waals surface area contributed by atoms with Crippen LogP contribution in [-0.4, -0.2) is 0 Å². The third kappa shape index (κ3) is 4.85. The van der Waals surface area contributed by atoms with Crippen molar-refractivity contribution < 1.29 is 0 Å². The van der Waals surface area contributed by atoms with Gasteiger partial charge in [-0.3, -0.25) is 0 Å². The fourth-order valence-electron chi connectivity index (χ4n) is 3.57. The van der Waals surface area contributed by atoms with Crippen molar-refractivity contribution >= 4 is 23.3 Å². The van der Waals surface area contributed by atoms with Crippen LogP contribution in [0.2, 0.25) is 0 Å². The highest BCUT2D eigenvalue weighted by atomic mass is 14.1. The van der Waals surface area contributed by atoms with Gasteiger partial charge in [0.05, 0.1) is 0 Å². The van der Waals surface area contributed by atoms with Crippen molar-refractivity contribution in [2.45, 2.75) is 13.8 Å². The van der Waals surface area contributed by atoms with Crippen LogP contribution in [0.1, 0.15) is 40.3 Å². The molecule has 30 heavy (non-hydrogen) atoms. The number of aryl methyl sites for hydroxylation is 1. The van der Waals surface area contributed by atoms with Gasteiger partial charge in [-0.05, 0) is 58.9 Å². The fourth-order valence-corrected chi connectivity index (χ4v) is 3.57. The minimum Gasteiger partial charge on any atom is -0.0622 e. The second-order valence-electron chi connectivity index (χ2n) is 7.65. The van der Waals surface area contributed by atoms with Crippen molar-refractivity contribution in [3.05, 3.63) is 143 Å². The summed E-state index contributed by atoms with van der Waals surface area (Å²) >= 11 is 0. The van der Waals surface area contributed by atoms with Crippen molar-refractivity contribution in [3.63, 3.8) is 0 Å². The molecule has 0 radical (unpaired) electrons. The van der Waals surface area contributed by atoms with Crippen LogP contribution in [0, 0.1) is 6.92 Å². The Morgan fingerprint density at radius 2 is 0.967 bits per heavy atom. The number of allylic oxidation sites excluding steroid dienone is 1. The Morgan fingerprint density at radius 1 is 0.500 bits per heavy atom. The van der Waals surface area contributed by atoms with Crippen LogP contribution in [0.25, 0.3) is 23.3 Å². The van der Waals surface area contributed by atoms with Crippen LogP contribution in [0.5, 0.6) is 0 Å². The van der Waals surface area contributed by atoms with E-state index in [-0.39, 0.29) is 0 Å². The molecule has 0 aromatic heterocycles. The number of rotatable bonds is 5. The summed E-state index contributed by atoms with van der Waals surface area (Å²) in [4.78, 5) is 0. The molecule has 0 saturated carbocycles. The van der Waals surface area contributed by atoms with Gasteiger partial charge in [0.1, 0.15) is 0 Å². The molecule has 0 nitrogen and oxygen atoms in total. The summed E-state index contributed by atoms with van der Waals surface area (Å²) in [6.45, 7) is 4.29. The highest BCUT2D eigenvalue weighted by Gasteiger charge is 2.05. The van der Waals surface area contributed by atoms with Crippen LogP contribution in [0.4, 0.5) is 0 Å². The molecular weight excluding hydrogens is 360 g/mol. The van der Waals surface area contributed by atoms with E-state index in [1.165, 1.54) is 44.5 Å². The van der Waals surface area contributed by atoms with Crippen LogP contribution < -0.4 is 0 Å². The molecule has 0 fully saturated rings. The molecule has 4 aromatic carbocycles. The molecular formula is C30H26. The number of hydrogen-bond acceptors (Lipinski definition) is 0. The smallest absolute Gasteiger partial charge is 0.0105 e. The maximum Gasteiger partial charge on any atom is -0.0105 e. The van der Waals surface area contributed by atoms with Gasteiger partial charge in [-0.1, -0.05) is 121 Å². The van der Waals surface area contributed by atoms with Crippen LogP contribution in [0.3, 0.4) is 0 Å². The maximum atomic E-state index is 2.28. The monoisotopic (exact) mass is 386 g/mol. The Balaban J connectivity index is 1.66. The predicted molar refractivity (Wildman–Crippen MR) is 131 cm³/mol. The highest BCUT2D eigenvalue weighted by Crippen LogP contribution is 2.27. The van der Waals surface area contributed by atoms with Gasteiger partial charge in [-0.2, -0.15) is 0 Å². The van der Waals surface area contributed by atoms with Gasteiger partial charge in [0.25, 0.3) is 0 Å². The second kappa shape index (κ2) is 9.24. The highest BCUT2D eigenvalue weighted by molar-refractivity contribution is 5.91. The van der Waals surface area contributed by atoms with Crippen LogP contribution >= 0.6 is 0 Å². The molecule has 0 aliphatic rings. The molecule has 146 valence electrons. The van der Waals surface area contributed by atoms with E-state index in [1.54, 1.807) is 0 Å². The first-order valence-corrected chi connectivity index (χ1v) is 10.4. The predicted octanol–water partition coefficient (Wildman–Crippen LogP) is 8.14. The molecule has 0 bridgehead atoms. The topological polar surface area (TPSA) is 0 Å². The summed E-state index contributed by atoms with van der Waals surface area (Å²) in [6, 6.07) is 38.6. The van der Waals surface area contributed by atoms with Crippen molar-refractivity contribution in [3.8, 4) is 0 Å². The van der Waals surface area contributed by atoms with E-state index in [1.807, 2.05) is 0 Å². The Bertz CT molecular complexity index is 1140. The average molecular weight is 387 g/mol. The molecule has 0 spiro atoms. The first-order valence-electron chi connectivity index (χ1n) is 10.4. The summed E-state index contributed by atoms with van der Waals surface area (Å²) < 4.78 is 0. The SMILES string of the molecule is CC(=Cc1ccc(C=C(c2ccccc2)c2ccc(C)cc2)cc1)c1ccccc1. The maximum absolute atomic E-state index is 2.28. The van der Waals surface area contributed by atoms with Crippen LogP contribution in [0.15, 0.2) is 109 Å². The summed E-state index contributed by atoms with van der Waals surface area (Å²) in [5, 5.41) is 0. The molecule has 0 heteroatoms. The average Bonchev–Trinajstić information content (AvgIpc) is 2.80. The first-order chi connectivity index (χ1) is 14.7. The minimum atomic E-state index is 1.20. The Labute approximate surface area is 179 Å².